The minimum Gasteiger partial charge on any atom is -0.308 e. The summed E-state index contributed by atoms with van der Waals surface area (Å²) in [6, 6.07) is 8.39. The molecule has 3 aromatic rings. The first-order chi connectivity index (χ1) is 14.1. The SMILES string of the molecule is CC(C)(C)c1ccc(S(=O)(=O)Nc2cc(Cl)cnc2-c2nnc3n2CCNC3)cc1. The predicted octanol–water partition coefficient (Wildman–Crippen LogP) is 3.20. The smallest absolute Gasteiger partial charge is 0.261 e. The van der Waals surface area contributed by atoms with E-state index in [2.05, 4.69) is 46.0 Å². The Morgan fingerprint density at radius 2 is 1.90 bits per heavy atom. The van der Waals surface area contributed by atoms with Gasteiger partial charge in [0.1, 0.15) is 11.5 Å². The Morgan fingerprint density at radius 3 is 2.60 bits per heavy atom. The van der Waals surface area contributed by atoms with Crippen LogP contribution in [0.1, 0.15) is 32.2 Å². The van der Waals surface area contributed by atoms with E-state index in [-0.39, 0.29) is 16.0 Å². The minimum absolute atomic E-state index is 0.0681. The maximum Gasteiger partial charge on any atom is 0.261 e. The highest BCUT2D eigenvalue weighted by Crippen LogP contribution is 2.30. The molecule has 2 aromatic heterocycles. The molecule has 10 heteroatoms. The zero-order valence-electron chi connectivity index (χ0n) is 17.0. The average Bonchev–Trinajstić information content (AvgIpc) is 3.11. The molecule has 3 heterocycles. The van der Waals surface area contributed by atoms with E-state index in [0.29, 0.717) is 29.6 Å². The van der Waals surface area contributed by atoms with Gasteiger partial charge in [-0.1, -0.05) is 44.5 Å². The van der Waals surface area contributed by atoms with Gasteiger partial charge < -0.3 is 9.88 Å². The lowest BCUT2D eigenvalue weighted by Gasteiger charge is -2.19. The van der Waals surface area contributed by atoms with Crippen molar-refractivity contribution >= 4 is 27.3 Å². The number of hydrogen-bond acceptors (Lipinski definition) is 6. The highest BCUT2D eigenvalue weighted by Gasteiger charge is 2.24. The Hall–Kier alpha value is -2.49. The van der Waals surface area contributed by atoms with Crippen molar-refractivity contribution in [3.63, 3.8) is 0 Å². The Kier molecular flexibility index (Phi) is 5.29. The standard InChI is InChI=1S/C20H23ClN6O2S/c1-20(2,3)13-4-6-15(7-5-13)30(28,29)26-16-10-14(21)11-23-18(16)19-25-24-17-12-22-8-9-27(17)19/h4-7,10-11,22,26H,8-9,12H2,1-3H3. The van der Waals surface area contributed by atoms with Gasteiger partial charge in [0.2, 0.25) is 0 Å². The Balaban J connectivity index is 1.71. The maximum absolute atomic E-state index is 13.0. The predicted molar refractivity (Wildman–Crippen MR) is 116 cm³/mol. The molecule has 1 aromatic carbocycles. The number of rotatable bonds is 4. The van der Waals surface area contributed by atoms with E-state index in [4.69, 9.17) is 11.6 Å². The van der Waals surface area contributed by atoms with Gasteiger partial charge in [-0.3, -0.25) is 4.72 Å². The third kappa shape index (κ3) is 4.05. The minimum atomic E-state index is -3.85. The number of nitrogens with zero attached hydrogens (tertiary/aromatic N) is 4. The van der Waals surface area contributed by atoms with Crippen molar-refractivity contribution in [2.24, 2.45) is 0 Å². The number of benzene rings is 1. The summed E-state index contributed by atoms with van der Waals surface area (Å²) < 4.78 is 30.7. The van der Waals surface area contributed by atoms with Crippen molar-refractivity contribution in [2.75, 3.05) is 11.3 Å². The first-order valence-electron chi connectivity index (χ1n) is 9.57. The van der Waals surface area contributed by atoms with Crippen LogP contribution in [0.2, 0.25) is 5.02 Å². The van der Waals surface area contributed by atoms with E-state index in [1.807, 2.05) is 16.7 Å². The van der Waals surface area contributed by atoms with Crippen molar-refractivity contribution in [1.29, 1.82) is 0 Å². The van der Waals surface area contributed by atoms with Crippen LogP contribution in [0.5, 0.6) is 0 Å². The molecule has 1 aliphatic heterocycles. The van der Waals surface area contributed by atoms with E-state index >= 15 is 0 Å². The number of hydrogen-bond donors (Lipinski definition) is 2. The van der Waals surface area contributed by atoms with Crippen LogP contribution in [-0.4, -0.2) is 34.7 Å². The highest BCUT2D eigenvalue weighted by molar-refractivity contribution is 7.92. The van der Waals surface area contributed by atoms with E-state index in [1.54, 1.807) is 12.1 Å². The third-order valence-corrected chi connectivity index (χ3v) is 6.55. The van der Waals surface area contributed by atoms with Gasteiger partial charge in [-0.25, -0.2) is 13.4 Å². The average molecular weight is 447 g/mol. The van der Waals surface area contributed by atoms with Crippen LogP contribution in [0.4, 0.5) is 5.69 Å². The van der Waals surface area contributed by atoms with Crippen LogP contribution in [0, 0.1) is 0 Å². The second-order valence-corrected chi connectivity index (χ2v) is 10.3. The summed E-state index contributed by atoms with van der Waals surface area (Å²) in [7, 11) is -3.85. The molecule has 2 N–H and O–H groups in total. The summed E-state index contributed by atoms with van der Waals surface area (Å²) >= 11 is 6.12. The number of nitrogens with one attached hydrogen (secondary N) is 2. The molecule has 8 nitrogen and oxygen atoms in total. The molecule has 0 saturated heterocycles. The molecule has 1 aliphatic rings. The first kappa shape index (κ1) is 20.8. The van der Waals surface area contributed by atoms with Gasteiger partial charge in [-0.2, -0.15) is 0 Å². The van der Waals surface area contributed by atoms with E-state index in [9.17, 15) is 8.42 Å². The Morgan fingerprint density at radius 1 is 1.17 bits per heavy atom. The zero-order valence-corrected chi connectivity index (χ0v) is 18.5. The van der Waals surface area contributed by atoms with Crippen molar-refractivity contribution in [2.45, 2.75) is 44.2 Å². The van der Waals surface area contributed by atoms with Gasteiger partial charge in [0.05, 0.1) is 22.2 Å². The topological polar surface area (TPSA) is 102 Å². The second-order valence-electron chi connectivity index (χ2n) is 8.20. The van der Waals surface area contributed by atoms with E-state index in [1.165, 1.54) is 12.3 Å². The molecule has 0 unspecified atom stereocenters. The number of sulfonamides is 1. The number of pyridine rings is 1. The molecule has 0 aliphatic carbocycles. The molecular weight excluding hydrogens is 424 g/mol. The van der Waals surface area contributed by atoms with Crippen molar-refractivity contribution in [1.82, 2.24) is 25.1 Å². The van der Waals surface area contributed by atoms with Crippen molar-refractivity contribution in [3.05, 3.63) is 52.9 Å². The number of aromatic nitrogens is 4. The lowest BCUT2D eigenvalue weighted by atomic mass is 9.87. The van der Waals surface area contributed by atoms with Gasteiger partial charge in [0.15, 0.2) is 5.82 Å². The Labute approximate surface area is 180 Å². The van der Waals surface area contributed by atoms with E-state index < -0.39 is 10.0 Å². The molecule has 0 amide bonds. The molecule has 30 heavy (non-hydrogen) atoms. The second kappa shape index (κ2) is 7.64. The fourth-order valence-corrected chi connectivity index (χ4v) is 4.52. The maximum atomic E-state index is 13.0. The number of fused-ring (bicyclic) bond motifs is 1. The molecule has 0 spiro atoms. The molecule has 158 valence electrons. The molecule has 4 rings (SSSR count). The van der Waals surface area contributed by atoms with Gasteiger partial charge in [0, 0.05) is 19.3 Å². The first-order valence-corrected chi connectivity index (χ1v) is 11.4. The van der Waals surface area contributed by atoms with Crippen LogP contribution in [0.3, 0.4) is 0 Å². The zero-order chi connectivity index (χ0) is 21.5. The van der Waals surface area contributed by atoms with Gasteiger partial charge in [-0.15, -0.1) is 10.2 Å². The van der Waals surface area contributed by atoms with Gasteiger partial charge >= 0.3 is 0 Å². The normalized spacial score (nSPS) is 14.4. The number of anilines is 1. The molecule has 0 bridgehead atoms. The van der Waals surface area contributed by atoms with Crippen LogP contribution >= 0.6 is 11.6 Å². The summed E-state index contributed by atoms with van der Waals surface area (Å²) in [5, 5.41) is 12.0. The quantitative estimate of drug-likeness (QED) is 0.638. The summed E-state index contributed by atoms with van der Waals surface area (Å²) in [6.45, 7) is 8.27. The van der Waals surface area contributed by atoms with Gasteiger partial charge in [-0.05, 0) is 29.2 Å². The summed E-state index contributed by atoms with van der Waals surface area (Å²) in [5.74, 6) is 1.28. The lowest BCUT2D eigenvalue weighted by molar-refractivity contribution is 0.508. The Bertz CT molecular complexity index is 1180. The highest BCUT2D eigenvalue weighted by atomic mass is 35.5. The van der Waals surface area contributed by atoms with Crippen molar-refractivity contribution in [3.8, 4) is 11.5 Å². The fourth-order valence-electron chi connectivity index (χ4n) is 3.30. The molecule has 0 atom stereocenters. The molecule has 0 saturated carbocycles. The van der Waals surface area contributed by atoms with Gasteiger partial charge in [0.25, 0.3) is 10.0 Å². The summed E-state index contributed by atoms with van der Waals surface area (Å²) in [5.41, 5.74) is 1.63. The number of halogens is 1. The lowest BCUT2D eigenvalue weighted by Crippen LogP contribution is -2.28. The molecular formula is C20H23ClN6O2S. The third-order valence-electron chi connectivity index (χ3n) is 4.96. The van der Waals surface area contributed by atoms with Crippen molar-refractivity contribution < 1.29 is 8.42 Å². The van der Waals surface area contributed by atoms with Crippen LogP contribution in [0.25, 0.3) is 11.5 Å². The largest absolute Gasteiger partial charge is 0.308 e. The fraction of sp³-hybridized carbons (Fsp3) is 0.350. The molecule has 0 fully saturated rings. The van der Waals surface area contributed by atoms with Crippen LogP contribution in [0.15, 0.2) is 41.4 Å². The van der Waals surface area contributed by atoms with Crippen LogP contribution in [-0.2, 0) is 28.5 Å². The molecule has 0 radical (unpaired) electrons. The monoisotopic (exact) mass is 446 g/mol. The summed E-state index contributed by atoms with van der Waals surface area (Å²) in [6.07, 6.45) is 1.47. The van der Waals surface area contributed by atoms with Crippen LogP contribution < -0.4 is 10.0 Å². The van der Waals surface area contributed by atoms with E-state index in [0.717, 1.165) is 17.9 Å². The summed E-state index contributed by atoms with van der Waals surface area (Å²) in [4.78, 5) is 4.51.